The predicted molar refractivity (Wildman–Crippen MR) is 50.6 cm³/mol. The molecular weight excluding hydrogens is 184 g/mol. The zero-order valence-electron chi connectivity index (χ0n) is 8.11. The van der Waals surface area contributed by atoms with Gasteiger partial charge < -0.3 is 14.6 Å². The van der Waals surface area contributed by atoms with Gasteiger partial charge in [-0.15, -0.1) is 0 Å². The quantitative estimate of drug-likeness (QED) is 0.745. The summed E-state index contributed by atoms with van der Waals surface area (Å²) in [5.74, 6) is -0.0947. The molecule has 0 radical (unpaired) electrons. The summed E-state index contributed by atoms with van der Waals surface area (Å²) in [6, 6.07) is 4.24. The second kappa shape index (κ2) is 4.50. The van der Waals surface area contributed by atoms with Gasteiger partial charge in [-0.1, -0.05) is 0 Å². The SMILES string of the molecule is CCOC(=O)c1ccc(O)cc1OC. The molecule has 0 aliphatic heterocycles. The van der Waals surface area contributed by atoms with Crippen LogP contribution in [0.25, 0.3) is 0 Å². The number of aromatic hydroxyl groups is 1. The van der Waals surface area contributed by atoms with Gasteiger partial charge in [0.05, 0.1) is 13.7 Å². The van der Waals surface area contributed by atoms with Gasteiger partial charge in [0.15, 0.2) is 0 Å². The van der Waals surface area contributed by atoms with Crippen LogP contribution < -0.4 is 4.74 Å². The molecule has 0 bridgehead atoms. The number of rotatable bonds is 3. The van der Waals surface area contributed by atoms with Crippen molar-refractivity contribution in [1.82, 2.24) is 0 Å². The lowest BCUT2D eigenvalue weighted by atomic mass is 10.2. The molecule has 4 heteroatoms. The van der Waals surface area contributed by atoms with Crippen molar-refractivity contribution in [3.05, 3.63) is 23.8 Å². The third kappa shape index (κ3) is 2.16. The number of esters is 1. The molecule has 0 aliphatic carbocycles. The van der Waals surface area contributed by atoms with Crippen LogP contribution in [0.1, 0.15) is 17.3 Å². The molecule has 0 unspecified atom stereocenters. The fourth-order valence-electron chi connectivity index (χ4n) is 1.06. The molecule has 0 aliphatic rings. The molecule has 0 saturated carbocycles. The lowest BCUT2D eigenvalue weighted by molar-refractivity contribution is 0.0522. The Labute approximate surface area is 82.1 Å². The van der Waals surface area contributed by atoms with Crippen LogP contribution in [0.15, 0.2) is 18.2 Å². The van der Waals surface area contributed by atoms with Crippen LogP contribution >= 0.6 is 0 Å². The average Bonchev–Trinajstić information content (AvgIpc) is 2.17. The van der Waals surface area contributed by atoms with Gasteiger partial charge >= 0.3 is 5.97 Å². The van der Waals surface area contributed by atoms with Gasteiger partial charge in [0, 0.05) is 6.07 Å². The number of carbonyl (C=O) groups is 1. The van der Waals surface area contributed by atoms with Crippen molar-refractivity contribution in [2.45, 2.75) is 6.92 Å². The largest absolute Gasteiger partial charge is 0.508 e. The van der Waals surface area contributed by atoms with Crippen LogP contribution in [0.4, 0.5) is 0 Å². The lowest BCUT2D eigenvalue weighted by Gasteiger charge is -2.07. The second-order valence-electron chi connectivity index (χ2n) is 2.61. The molecule has 0 spiro atoms. The molecule has 1 rings (SSSR count). The molecule has 1 N–H and O–H groups in total. The summed E-state index contributed by atoms with van der Waals surface area (Å²) in [6.45, 7) is 2.04. The lowest BCUT2D eigenvalue weighted by Crippen LogP contribution is -2.06. The number of phenols is 1. The summed E-state index contributed by atoms with van der Waals surface area (Å²) in [4.78, 5) is 11.4. The highest BCUT2D eigenvalue weighted by molar-refractivity contribution is 5.92. The van der Waals surface area contributed by atoms with Crippen LogP contribution in [-0.2, 0) is 4.74 Å². The van der Waals surface area contributed by atoms with Crippen LogP contribution in [-0.4, -0.2) is 24.8 Å². The highest BCUT2D eigenvalue weighted by atomic mass is 16.5. The van der Waals surface area contributed by atoms with E-state index >= 15 is 0 Å². The molecule has 14 heavy (non-hydrogen) atoms. The first-order valence-electron chi connectivity index (χ1n) is 4.23. The molecule has 0 saturated heterocycles. The highest BCUT2D eigenvalue weighted by Gasteiger charge is 2.13. The molecule has 0 amide bonds. The summed E-state index contributed by atoms with van der Waals surface area (Å²) >= 11 is 0. The Kier molecular flexibility index (Phi) is 3.34. The average molecular weight is 196 g/mol. The van der Waals surface area contributed by atoms with Gasteiger partial charge in [-0.05, 0) is 19.1 Å². The van der Waals surface area contributed by atoms with Gasteiger partial charge in [0.25, 0.3) is 0 Å². The van der Waals surface area contributed by atoms with Gasteiger partial charge in [-0.25, -0.2) is 4.79 Å². The van der Waals surface area contributed by atoms with E-state index < -0.39 is 5.97 Å². The Morgan fingerprint density at radius 3 is 2.79 bits per heavy atom. The molecule has 0 heterocycles. The normalized spacial score (nSPS) is 9.57. The topological polar surface area (TPSA) is 55.8 Å². The molecule has 0 atom stereocenters. The first-order chi connectivity index (χ1) is 6.69. The Balaban J connectivity index is 3.01. The third-order valence-electron chi connectivity index (χ3n) is 1.68. The monoisotopic (exact) mass is 196 g/mol. The molecule has 0 aromatic heterocycles. The van der Waals surface area contributed by atoms with E-state index in [1.54, 1.807) is 6.92 Å². The van der Waals surface area contributed by atoms with E-state index in [9.17, 15) is 4.79 Å². The van der Waals surface area contributed by atoms with E-state index in [1.807, 2.05) is 0 Å². The van der Waals surface area contributed by atoms with Gasteiger partial charge in [-0.3, -0.25) is 0 Å². The van der Waals surface area contributed by atoms with E-state index in [-0.39, 0.29) is 5.75 Å². The Morgan fingerprint density at radius 1 is 1.50 bits per heavy atom. The van der Waals surface area contributed by atoms with Crippen molar-refractivity contribution in [2.75, 3.05) is 13.7 Å². The molecule has 1 aromatic carbocycles. The number of hydrogen-bond acceptors (Lipinski definition) is 4. The van der Waals surface area contributed by atoms with Crippen molar-refractivity contribution in [2.24, 2.45) is 0 Å². The fourth-order valence-corrected chi connectivity index (χ4v) is 1.06. The zero-order chi connectivity index (χ0) is 10.6. The van der Waals surface area contributed by atoms with E-state index in [2.05, 4.69) is 0 Å². The number of methoxy groups -OCH3 is 1. The smallest absolute Gasteiger partial charge is 0.341 e. The summed E-state index contributed by atoms with van der Waals surface area (Å²) in [7, 11) is 1.43. The standard InChI is InChI=1S/C10H12O4/c1-3-14-10(12)8-5-4-7(11)6-9(8)13-2/h4-6,11H,3H2,1-2H3. The van der Waals surface area contributed by atoms with Crippen molar-refractivity contribution in [3.8, 4) is 11.5 Å². The van der Waals surface area contributed by atoms with E-state index in [0.29, 0.717) is 17.9 Å². The van der Waals surface area contributed by atoms with E-state index in [4.69, 9.17) is 14.6 Å². The number of ether oxygens (including phenoxy) is 2. The van der Waals surface area contributed by atoms with Crippen LogP contribution in [0, 0.1) is 0 Å². The molecular formula is C10H12O4. The van der Waals surface area contributed by atoms with Crippen molar-refractivity contribution in [3.63, 3.8) is 0 Å². The number of phenolic OH excluding ortho intramolecular Hbond substituents is 1. The van der Waals surface area contributed by atoms with Gasteiger partial charge in [0.1, 0.15) is 17.1 Å². The Hall–Kier alpha value is -1.71. The predicted octanol–water partition coefficient (Wildman–Crippen LogP) is 1.58. The van der Waals surface area contributed by atoms with Crippen molar-refractivity contribution in [1.29, 1.82) is 0 Å². The number of benzene rings is 1. The maximum Gasteiger partial charge on any atom is 0.341 e. The summed E-state index contributed by atoms with van der Waals surface area (Å²) in [5.41, 5.74) is 0.312. The van der Waals surface area contributed by atoms with Crippen molar-refractivity contribution < 1.29 is 19.4 Å². The highest BCUT2D eigenvalue weighted by Crippen LogP contribution is 2.24. The summed E-state index contributed by atoms with van der Waals surface area (Å²) < 4.78 is 9.74. The van der Waals surface area contributed by atoms with Crippen molar-refractivity contribution >= 4 is 5.97 Å². The van der Waals surface area contributed by atoms with E-state index in [0.717, 1.165) is 0 Å². The fraction of sp³-hybridized carbons (Fsp3) is 0.300. The minimum atomic E-state index is -0.454. The molecule has 1 aromatic rings. The second-order valence-corrected chi connectivity index (χ2v) is 2.61. The van der Waals surface area contributed by atoms with Crippen LogP contribution in [0.3, 0.4) is 0 Å². The summed E-state index contributed by atoms with van der Waals surface area (Å²) in [5, 5.41) is 9.15. The number of hydrogen-bond donors (Lipinski definition) is 1. The minimum absolute atomic E-state index is 0.0508. The first kappa shape index (κ1) is 10.4. The van der Waals surface area contributed by atoms with Gasteiger partial charge in [-0.2, -0.15) is 0 Å². The maximum absolute atomic E-state index is 11.4. The number of carbonyl (C=O) groups excluding carboxylic acids is 1. The van der Waals surface area contributed by atoms with Crippen LogP contribution in [0.5, 0.6) is 11.5 Å². The zero-order valence-corrected chi connectivity index (χ0v) is 8.11. The molecule has 76 valence electrons. The van der Waals surface area contributed by atoms with Gasteiger partial charge in [0.2, 0.25) is 0 Å². The first-order valence-corrected chi connectivity index (χ1v) is 4.23. The maximum atomic E-state index is 11.4. The molecule has 0 fully saturated rings. The molecule has 4 nitrogen and oxygen atoms in total. The minimum Gasteiger partial charge on any atom is -0.508 e. The van der Waals surface area contributed by atoms with Crippen LogP contribution in [0.2, 0.25) is 0 Å². The Morgan fingerprint density at radius 2 is 2.21 bits per heavy atom. The van der Waals surface area contributed by atoms with E-state index in [1.165, 1.54) is 25.3 Å². The Bertz CT molecular complexity index is 333. The third-order valence-corrected chi connectivity index (χ3v) is 1.68. The summed E-state index contributed by atoms with van der Waals surface area (Å²) in [6.07, 6.45) is 0.